The minimum atomic E-state index is -4.79. The molecule has 6 nitrogen and oxygen atoms in total. The number of hydrogen-bond donors (Lipinski definition) is 0. The number of nitriles is 1. The van der Waals surface area contributed by atoms with E-state index in [0.717, 1.165) is 17.4 Å². The molecule has 4 rings (SSSR count). The lowest BCUT2D eigenvalue weighted by atomic mass is 9.67. The molecular weight excluding hydrogens is 413 g/mol. The van der Waals surface area contributed by atoms with E-state index in [-0.39, 0.29) is 19.2 Å². The largest absolute Gasteiger partial charge is 0.417 e. The smallest absolute Gasteiger partial charge is 0.375 e. The molecule has 0 unspecified atom stereocenters. The number of alkyl halides is 3. The summed E-state index contributed by atoms with van der Waals surface area (Å²) >= 11 is 0. The SMILES string of the molecule is C.CCCO[C@@H]1C[C@]2(C)O[C@@]1(C)[C@H]1C(=O)N(c3ccc(C#N)c(C(F)(F)F)c3)C(=O)[C@H]12. The number of halogens is 3. The topological polar surface area (TPSA) is 79.6 Å². The first-order chi connectivity index (χ1) is 14.0. The van der Waals surface area contributed by atoms with E-state index in [0.29, 0.717) is 19.1 Å². The second-order valence-corrected chi connectivity index (χ2v) is 8.47. The Balaban J connectivity index is 0.00000272. The molecule has 0 radical (unpaired) electrons. The number of fused-ring (bicyclic) bond motifs is 5. The first-order valence-electron chi connectivity index (χ1n) is 9.79. The zero-order valence-corrected chi connectivity index (χ0v) is 16.7. The Morgan fingerprint density at radius 2 is 1.90 bits per heavy atom. The Morgan fingerprint density at radius 1 is 1.26 bits per heavy atom. The van der Waals surface area contributed by atoms with Crippen molar-refractivity contribution in [3.05, 3.63) is 29.3 Å². The molecule has 1 aromatic carbocycles. The lowest BCUT2D eigenvalue weighted by Crippen LogP contribution is -2.50. The highest BCUT2D eigenvalue weighted by molar-refractivity contribution is 6.23. The number of rotatable bonds is 4. The van der Waals surface area contributed by atoms with E-state index in [4.69, 9.17) is 14.7 Å². The molecule has 3 heterocycles. The first kappa shape index (κ1) is 23.2. The van der Waals surface area contributed by atoms with Crippen molar-refractivity contribution in [2.75, 3.05) is 11.5 Å². The Bertz CT molecular complexity index is 972. The maximum atomic E-state index is 13.4. The highest BCUT2D eigenvalue weighted by atomic mass is 19.4. The molecule has 9 heteroatoms. The van der Waals surface area contributed by atoms with Gasteiger partial charge in [0.2, 0.25) is 11.8 Å². The Hall–Kier alpha value is -2.44. The van der Waals surface area contributed by atoms with Gasteiger partial charge in [0.1, 0.15) is 5.60 Å². The average molecular weight is 438 g/mol. The molecular formula is C22H25F3N2O4. The average Bonchev–Trinajstić information content (AvgIpc) is 3.19. The van der Waals surface area contributed by atoms with Crippen molar-refractivity contribution in [2.24, 2.45) is 11.8 Å². The summed E-state index contributed by atoms with van der Waals surface area (Å²) in [6, 6.07) is 4.37. The maximum absolute atomic E-state index is 13.4. The summed E-state index contributed by atoms with van der Waals surface area (Å²) < 4.78 is 52.2. The van der Waals surface area contributed by atoms with E-state index in [1.807, 2.05) is 6.92 Å². The zero-order valence-electron chi connectivity index (χ0n) is 16.7. The molecule has 0 aliphatic carbocycles. The maximum Gasteiger partial charge on any atom is 0.417 e. The highest BCUT2D eigenvalue weighted by Gasteiger charge is 2.76. The molecule has 0 spiro atoms. The fourth-order valence-corrected chi connectivity index (χ4v) is 5.24. The Kier molecular flexibility index (Phi) is 5.48. The van der Waals surface area contributed by atoms with Gasteiger partial charge in [-0.3, -0.25) is 9.59 Å². The number of carbonyl (C=O) groups excluding carboxylic acids is 2. The van der Waals surface area contributed by atoms with Crippen molar-refractivity contribution in [3.63, 3.8) is 0 Å². The normalized spacial score (nSPS) is 34.0. The van der Waals surface area contributed by atoms with Crippen molar-refractivity contribution in [1.82, 2.24) is 0 Å². The summed E-state index contributed by atoms with van der Waals surface area (Å²) in [4.78, 5) is 27.3. The van der Waals surface area contributed by atoms with Crippen LogP contribution in [-0.4, -0.2) is 35.7 Å². The Morgan fingerprint density at radius 3 is 2.48 bits per heavy atom. The summed E-state index contributed by atoms with van der Waals surface area (Å²) in [5.41, 5.74) is -3.90. The number of ether oxygens (including phenoxy) is 2. The summed E-state index contributed by atoms with van der Waals surface area (Å²) in [7, 11) is 0. The number of amides is 2. The molecule has 2 bridgehead atoms. The predicted octanol–water partition coefficient (Wildman–Crippen LogP) is 4.07. The van der Waals surface area contributed by atoms with Crippen molar-refractivity contribution < 1.29 is 32.2 Å². The molecule has 0 aromatic heterocycles. The van der Waals surface area contributed by atoms with Crippen molar-refractivity contribution >= 4 is 17.5 Å². The molecule has 168 valence electrons. The van der Waals surface area contributed by atoms with Gasteiger partial charge in [-0.2, -0.15) is 18.4 Å². The lowest BCUT2D eigenvalue weighted by Gasteiger charge is -2.35. The van der Waals surface area contributed by atoms with Crippen LogP contribution in [0.25, 0.3) is 0 Å². The minimum Gasteiger partial charge on any atom is -0.375 e. The van der Waals surface area contributed by atoms with Gasteiger partial charge in [-0.05, 0) is 38.5 Å². The van der Waals surface area contributed by atoms with Crippen LogP contribution in [-0.2, 0) is 25.2 Å². The van der Waals surface area contributed by atoms with Crippen molar-refractivity contribution in [2.45, 2.75) is 64.5 Å². The number of carbonyl (C=O) groups is 2. The number of hydrogen-bond acceptors (Lipinski definition) is 5. The van der Waals surface area contributed by atoms with Gasteiger partial charge in [0, 0.05) is 13.0 Å². The van der Waals surface area contributed by atoms with Gasteiger partial charge in [0.15, 0.2) is 0 Å². The molecule has 3 aliphatic rings. The summed E-state index contributed by atoms with van der Waals surface area (Å²) in [5.74, 6) is -2.81. The standard InChI is InChI=1S/C21H21F3N2O4.CH4/c1-4-7-29-14-9-19(2)15-16(20(14,3)30-19)18(28)26(17(15)27)12-6-5-11(10-25)13(8-12)21(22,23)24;/h5-6,8,14-16H,4,7,9H2,1-3H3;1H4/t14-,15+,16-,19+,20-;/m1./s1. The second-order valence-electron chi connectivity index (χ2n) is 8.47. The molecule has 3 aliphatic heterocycles. The Labute approximate surface area is 178 Å². The predicted molar refractivity (Wildman–Crippen MR) is 105 cm³/mol. The van der Waals surface area contributed by atoms with Crippen LogP contribution in [0, 0.1) is 23.2 Å². The number of anilines is 1. The third-order valence-corrected chi connectivity index (χ3v) is 6.48. The molecule has 1 aromatic rings. The van der Waals surface area contributed by atoms with Crippen LogP contribution in [0.5, 0.6) is 0 Å². The quantitative estimate of drug-likeness (QED) is 0.663. The number of benzene rings is 1. The molecule has 3 saturated heterocycles. The van der Waals surface area contributed by atoms with Crippen LogP contribution < -0.4 is 4.90 Å². The van der Waals surface area contributed by atoms with Gasteiger partial charge in [0.25, 0.3) is 0 Å². The van der Waals surface area contributed by atoms with Gasteiger partial charge >= 0.3 is 6.18 Å². The molecule has 0 N–H and O–H groups in total. The van der Waals surface area contributed by atoms with Crippen LogP contribution in [0.15, 0.2) is 18.2 Å². The van der Waals surface area contributed by atoms with Crippen molar-refractivity contribution in [3.8, 4) is 6.07 Å². The van der Waals surface area contributed by atoms with E-state index in [1.165, 1.54) is 12.1 Å². The van der Waals surface area contributed by atoms with Gasteiger partial charge < -0.3 is 9.47 Å². The second kappa shape index (κ2) is 7.31. The van der Waals surface area contributed by atoms with Crippen LogP contribution in [0.2, 0.25) is 0 Å². The van der Waals surface area contributed by atoms with E-state index in [9.17, 15) is 22.8 Å². The van der Waals surface area contributed by atoms with E-state index in [2.05, 4.69) is 0 Å². The van der Waals surface area contributed by atoms with Gasteiger partial charge in [-0.25, -0.2) is 4.90 Å². The van der Waals surface area contributed by atoms with E-state index < -0.39 is 52.2 Å². The van der Waals surface area contributed by atoms with Crippen LogP contribution in [0.4, 0.5) is 18.9 Å². The van der Waals surface area contributed by atoms with E-state index >= 15 is 0 Å². The van der Waals surface area contributed by atoms with Crippen molar-refractivity contribution in [1.29, 1.82) is 5.26 Å². The molecule has 5 atom stereocenters. The highest BCUT2D eigenvalue weighted by Crippen LogP contribution is 2.61. The van der Waals surface area contributed by atoms with Crippen LogP contribution >= 0.6 is 0 Å². The lowest BCUT2D eigenvalue weighted by molar-refractivity contribution is -0.138. The summed E-state index contributed by atoms with van der Waals surface area (Å²) in [5, 5.41) is 8.99. The molecule has 31 heavy (non-hydrogen) atoms. The third-order valence-electron chi connectivity index (χ3n) is 6.48. The fourth-order valence-electron chi connectivity index (χ4n) is 5.24. The summed E-state index contributed by atoms with van der Waals surface area (Å²) in [6.07, 6.45) is -3.96. The minimum absolute atomic E-state index is 0. The fraction of sp³-hybridized carbons (Fsp3) is 0.591. The first-order valence-corrected chi connectivity index (χ1v) is 9.79. The number of imide groups is 1. The third kappa shape index (κ3) is 3.15. The van der Waals surface area contributed by atoms with E-state index in [1.54, 1.807) is 13.8 Å². The van der Waals surface area contributed by atoms with Crippen LogP contribution in [0.3, 0.4) is 0 Å². The number of nitrogens with zero attached hydrogens (tertiary/aromatic N) is 2. The summed E-state index contributed by atoms with van der Waals surface area (Å²) in [6.45, 7) is 5.92. The zero-order chi connectivity index (χ0) is 22.1. The van der Waals surface area contributed by atoms with Crippen LogP contribution in [0.1, 0.15) is 52.2 Å². The monoisotopic (exact) mass is 438 g/mol. The molecule has 3 fully saturated rings. The molecule has 0 saturated carbocycles. The molecule has 2 amide bonds. The van der Waals surface area contributed by atoms with Gasteiger partial charge in [-0.1, -0.05) is 14.4 Å². The van der Waals surface area contributed by atoms with Gasteiger partial charge in [0.05, 0.1) is 46.4 Å². The van der Waals surface area contributed by atoms with Gasteiger partial charge in [-0.15, -0.1) is 0 Å².